The van der Waals surface area contributed by atoms with Gasteiger partial charge in [0.25, 0.3) is 0 Å². The molecular formula is C15H22N2O2. The number of carbonyl (C=O) groups is 1. The largest absolute Gasteiger partial charge is 0.478 e. The Morgan fingerprint density at radius 3 is 2.79 bits per heavy atom. The van der Waals surface area contributed by atoms with Crippen molar-refractivity contribution in [3.63, 3.8) is 0 Å². The third-order valence-corrected chi connectivity index (χ3v) is 4.14. The van der Waals surface area contributed by atoms with Gasteiger partial charge in [0.05, 0.1) is 5.56 Å². The highest BCUT2D eigenvalue weighted by Crippen LogP contribution is 2.30. The van der Waals surface area contributed by atoms with Crippen molar-refractivity contribution in [2.75, 3.05) is 17.6 Å². The minimum atomic E-state index is -0.982. The summed E-state index contributed by atoms with van der Waals surface area (Å²) in [5.74, 6) is 0.482. The first kappa shape index (κ1) is 13.7. The van der Waals surface area contributed by atoms with E-state index in [9.17, 15) is 4.79 Å². The molecular weight excluding hydrogens is 240 g/mol. The van der Waals surface area contributed by atoms with Gasteiger partial charge in [0.15, 0.2) is 0 Å². The van der Waals surface area contributed by atoms with Gasteiger partial charge in [-0.2, -0.15) is 0 Å². The lowest BCUT2D eigenvalue weighted by molar-refractivity contribution is 0.0698. The average Bonchev–Trinajstić information content (AvgIpc) is 2.37. The first-order valence-corrected chi connectivity index (χ1v) is 6.94. The number of benzene rings is 1. The van der Waals surface area contributed by atoms with Crippen LogP contribution in [0.5, 0.6) is 0 Å². The fraction of sp³-hybridized carbons (Fsp3) is 0.533. The van der Waals surface area contributed by atoms with Crippen LogP contribution in [0.25, 0.3) is 0 Å². The van der Waals surface area contributed by atoms with Gasteiger partial charge < -0.3 is 16.2 Å². The van der Waals surface area contributed by atoms with Gasteiger partial charge in [0.2, 0.25) is 0 Å². The molecule has 104 valence electrons. The van der Waals surface area contributed by atoms with Crippen LogP contribution in [0.1, 0.15) is 43.0 Å². The molecule has 0 bridgehead atoms. The number of hydrogen-bond acceptors (Lipinski definition) is 3. The maximum absolute atomic E-state index is 10.9. The molecule has 4 heteroatoms. The molecule has 4 N–H and O–H groups in total. The Balaban J connectivity index is 1.96. The molecule has 0 saturated heterocycles. The van der Waals surface area contributed by atoms with Gasteiger partial charge in [0.1, 0.15) is 0 Å². The molecule has 0 amide bonds. The van der Waals surface area contributed by atoms with Crippen LogP contribution in [0.15, 0.2) is 18.2 Å². The summed E-state index contributed by atoms with van der Waals surface area (Å²) in [6.45, 7) is 3.25. The van der Waals surface area contributed by atoms with Crippen LogP contribution in [-0.4, -0.2) is 17.6 Å². The summed E-state index contributed by atoms with van der Waals surface area (Å²) in [5.41, 5.74) is 7.12. The molecule has 0 aliphatic heterocycles. The Morgan fingerprint density at radius 2 is 2.16 bits per heavy atom. The molecule has 1 fully saturated rings. The number of rotatable bonds is 4. The molecule has 0 radical (unpaired) electrons. The van der Waals surface area contributed by atoms with E-state index in [2.05, 4.69) is 12.2 Å². The Morgan fingerprint density at radius 1 is 1.42 bits per heavy atom. The molecule has 0 spiro atoms. The molecule has 1 aliphatic carbocycles. The summed E-state index contributed by atoms with van der Waals surface area (Å²) in [5, 5.41) is 12.3. The fourth-order valence-electron chi connectivity index (χ4n) is 2.81. The monoisotopic (exact) mass is 262 g/mol. The van der Waals surface area contributed by atoms with Gasteiger partial charge in [-0.3, -0.25) is 0 Å². The molecule has 1 aromatic carbocycles. The highest BCUT2D eigenvalue weighted by Gasteiger charge is 2.20. The third kappa shape index (κ3) is 3.40. The van der Waals surface area contributed by atoms with Crippen molar-refractivity contribution in [2.24, 2.45) is 11.8 Å². The van der Waals surface area contributed by atoms with Crippen molar-refractivity contribution in [1.29, 1.82) is 0 Å². The van der Waals surface area contributed by atoms with E-state index in [1.54, 1.807) is 18.2 Å². The Kier molecular flexibility index (Phi) is 4.30. The number of anilines is 2. The molecule has 1 saturated carbocycles. The Bertz CT molecular complexity index is 459. The van der Waals surface area contributed by atoms with Crippen molar-refractivity contribution in [3.8, 4) is 0 Å². The van der Waals surface area contributed by atoms with E-state index in [1.165, 1.54) is 25.7 Å². The van der Waals surface area contributed by atoms with Crippen LogP contribution in [0.3, 0.4) is 0 Å². The van der Waals surface area contributed by atoms with E-state index in [1.807, 2.05) is 0 Å². The normalized spacial score (nSPS) is 23.0. The second kappa shape index (κ2) is 5.95. The van der Waals surface area contributed by atoms with Crippen LogP contribution >= 0.6 is 0 Å². The first-order chi connectivity index (χ1) is 9.08. The minimum Gasteiger partial charge on any atom is -0.478 e. The van der Waals surface area contributed by atoms with Gasteiger partial charge in [0, 0.05) is 17.9 Å². The zero-order chi connectivity index (χ0) is 13.8. The van der Waals surface area contributed by atoms with E-state index >= 15 is 0 Å². The van der Waals surface area contributed by atoms with Gasteiger partial charge in [-0.25, -0.2) is 4.79 Å². The second-order valence-corrected chi connectivity index (χ2v) is 5.51. The van der Waals surface area contributed by atoms with E-state index in [4.69, 9.17) is 10.8 Å². The van der Waals surface area contributed by atoms with Gasteiger partial charge >= 0.3 is 5.97 Å². The van der Waals surface area contributed by atoms with Crippen LogP contribution in [-0.2, 0) is 0 Å². The second-order valence-electron chi connectivity index (χ2n) is 5.51. The van der Waals surface area contributed by atoms with E-state index < -0.39 is 5.97 Å². The Hall–Kier alpha value is -1.71. The topological polar surface area (TPSA) is 75.3 Å². The fourth-order valence-corrected chi connectivity index (χ4v) is 2.81. The molecule has 1 aromatic rings. The van der Waals surface area contributed by atoms with Crippen LogP contribution in [0, 0.1) is 11.8 Å². The summed E-state index contributed by atoms with van der Waals surface area (Å²) < 4.78 is 0. The molecule has 4 nitrogen and oxygen atoms in total. The summed E-state index contributed by atoms with van der Waals surface area (Å²) >= 11 is 0. The zero-order valence-electron chi connectivity index (χ0n) is 11.4. The van der Waals surface area contributed by atoms with Gasteiger partial charge in [-0.15, -0.1) is 0 Å². The van der Waals surface area contributed by atoms with Crippen molar-refractivity contribution >= 4 is 17.3 Å². The molecule has 0 heterocycles. The summed E-state index contributed by atoms with van der Waals surface area (Å²) in [4.78, 5) is 10.9. The number of carboxylic acid groups (broad SMARTS) is 1. The first-order valence-electron chi connectivity index (χ1n) is 6.94. The number of aromatic carboxylic acids is 1. The predicted molar refractivity (Wildman–Crippen MR) is 77.4 cm³/mol. The number of nitrogens with two attached hydrogens (primary N) is 1. The summed E-state index contributed by atoms with van der Waals surface area (Å²) in [6, 6.07) is 5.05. The summed E-state index contributed by atoms with van der Waals surface area (Å²) in [7, 11) is 0. The van der Waals surface area contributed by atoms with Crippen molar-refractivity contribution in [2.45, 2.75) is 32.6 Å². The molecule has 2 rings (SSSR count). The highest BCUT2D eigenvalue weighted by molar-refractivity contribution is 5.94. The minimum absolute atomic E-state index is 0.164. The lowest BCUT2D eigenvalue weighted by Crippen LogP contribution is -2.24. The zero-order valence-corrected chi connectivity index (χ0v) is 11.4. The maximum Gasteiger partial charge on any atom is 0.337 e. The van der Waals surface area contributed by atoms with E-state index in [0.717, 1.165) is 18.2 Å². The van der Waals surface area contributed by atoms with Crippen molar-refractivity contribution in [3.05, 3.63) is 23.8 Å². The lowest BCUT2D eigenvalue weighted by Gasteiger charge is -2.29. The van der Waals surface area contributed by atoms with Gasteiger partial charge in [-0.1, -0.05) is 26.2 Å². The SMILES string of the molecule is CC1CCCCC1CNc1ccc(C(=O)O)c(N)c1. The van der Waals surface area contributed by atoms with E-state index in [-0.39, 0.29) is 5.56 Å². The predicted octanol–water partition coefficient (Wildman–Crippen LogP) is 3.21. The van der Waals surface area contributed by atoms with Crippen LogP contribution < -0.4 is 11.1 Å². The number of carboxylic acids is 1. The molecule has 19 heavy (non-hydrogen) atoms. The van der Waals surface area contributed by atoms with Gasteiger partial charge in [-0.05, 0) is 36.5 Å². The maximum atomic E-state index is 10.9. The van der Waals surface area contributed by atoms with Crippen molar-refractivity contribution in [1.82, 2.24) is 0 Å². The lowest BCUT2D eigenvalue weighted by atomic mass is 9.80. The number of nitrogens with one attached hydrogen (secondary N) is 1. The quantitative estimate of drug-likeness (QED) is 0.728. The van der Waals surface area contributed by atoms with Crippen LogP contribution in [0.4, 0.5) is 11.4 Å². The summed E-state index contributed by atoms with van der Waals surface area (Å²) in [6.07, 6.45) is 5.25. The van der Waals surface area contributed by atoms with Crippen molar-refractivity contribution < 1.29 is 9.90 Å². The van der Waals surface area contributed by atoms with E-state index in [0.29, 0.717) is 11.6 Å². The Labute approximate surface area is 114 Å². The van der Waals surface area contributed by atoms with Crippen LogP contribution in [0.2, 0.25) is 0 Å². The number of nitrogen functional groups attached to an aromatic ring is 1. The average molecular weight is 262 g/mol. The standard InChI is InChI=1S/C15H22N2O2/c1-10-4-2-3-5-11(10)9-17-12-6-7-13(15(18)19)14(16)8-12/h6-8,10-11,17H,2-5,9,16H2,1H3,(H,18,19). The number of hydrogen-bond donors (Lipinski definition) is 3. The smallest absolute Gasteiger partial charge is 0.337 e. The molecule has 1 aliphatic rings. The highest BCUT2D eigenvalue weighted by atomic mass is 16.4. The molecule has 2 unspecified atom stereocenters. The molecule has 2 atom stereocenters. The molecule has 0 aromatic heterocycles. The third-order valence-electron chi connectivity index (χ3n) is 4.14.